The van der Waals surface area contributed by atoms with Crippen molar-refractivity contribution in [3.63, 3.8) is 0 Å². The predicted molar refractivity (Wildman–Crippen MR) is 140 cm³/mol. The van der Waals surface area contributed by atoms with Crippen molar-refractivity contribution in [1.82, 2.24) is 26.6 Å². The van der Waals surface area contributed by atoms with Crippen molar-refractivity contribution in [2.45, 2.75) is 64.7 Å². The molecule has 6 N–H and O–H groups in total. The zero-order valence-corrected chi connectivity index (χ0v) is 22.6. The van der Waals surface area contributed by atoms with Crippen molar-refractivity contribution in [3.05, 3.63) is 35.9 Å². The van der Waals surface area contributed by atoms with Gasteiger partial charge in [-0.1, -0.05) is 44.2 Å². The van der Waals surface area contributed by atoms with Crippen LogP contribution in [0.3, 0.4) is 0 Å². The molecule has 12 nitrogen and oxygen atoms in total. The molecule has 0 aromatic heterocycles. The molecule has 0 bridgehead atoms. The van der Waals surface area contributed by atoms with Crippen molar-refractivity contribution < 1.29 is 33.9 Å². The summed E-state index contributed by atoms with van der Waals surface area (Å²) in [5.74, 6) is -4.72. The number of halogens is 1. The maximum atomic E-state index is 13.0. The first-order valence-electron chi connectivity index (χ1n) is 12.1. The largest absolute Gasteiger partial charge is 0.480 e. The van der Waals surface area contributed by atoms with Gasteiger partial charge in [0.1, 0.15) is 24.2 Å². The summed E-state index contributed by atoms with van der Waals surface area (Å²) in [5, 5.41) is 21.4. The lowest BCUT2D eigenvalue weighted by atomic mass is 10.0. The molecule has 0 unspecified atom stereocenters. The van der Waals surface area contributed by atoms with Crippen LogP contribution in [0.15, 0.2) is 30.3 Å². The van der Waals surface area contributed by atoms with E-state index < -0.39 is 59.7 Å². The Kier molecular flexibility index (Phi) is 13.8. The van der Waals surface area contributed by atoms with Gasteiger partial charge in [0.15, 0.2) is 0 Å². The molecule has 210 valence electrons. The number of amides is 5. The van der Waals surface area contributed by atoms with Gasteiger partial charge >= 0.3 is 5.97 Å². The number of carbonyl (C=O) groups excluding carboxylic acids is 5. The van der Waals surface area contributed by atoms with Crippen molar-refractivity contribution in [2.24, 2.45) is 5.92 Å². The Morgan fingerprint density at radius 3 is 1.89 bits per heavy atom. The second-order valence-corrected chi connectivity index (χ2v) is 9.50. The van der Waals surface area contributed by atoms with Crippen LogP contribution in [-0.2, 0) is 35.2 Å². The molecule has 4 atom stereocenters. The number of hydrogen-bond donors (Lipinski definition) is 6. The Balaban J connectivity index is 2.99. The lowest BCUT2D eigenvalue weighted by Gasteiger charge is -2.25. The van der Waals surface area contributed by atoms with Crippen molar-refractivity contribution in [3.8, 4) is 0 Å². The van der Waals surface area contributed by atoms with Crippen molar-refractivity contribution in [2.75, 3.05) is 12.4 Å². The molecule has 0 aliphatic heterocycles. The minimum Gasteiger partial charge on any atom is -0.480 e. The number of nitrogens with one attached hydrogen (secondary N) is 5. The van der Waals surface area contributed by atoms with E-state index >= 15 is 0 Å². The number of hydrogen-bond acceptors (Lipinski definition) is 6. The predicted octanol–water partition coefficient (Wildman–Crippen LogP) is -0.306. The highest BCUT2D eigenvalue weighted by atomic mass is 35.5. The molecule has 1 aromatic rings. The molecule has 0 fully saturated rings. The molecular weight excluding hydrogens is 518 g/mol. The molecule has 0 heterocycles. The Morgan fingerprint density at radius 1 is 0.816 bits per heavy atom. The average Bonchev–Trinajstić information content (AvgIpc) is 2.85. The third-order valence-electron chi connectivity index (χ3n) is 5.29. The van der Waals surface area contributed by atoms with E-state index in [0.717, 1.165) is 0 Å². The second kappa shape index (κ2) is 16.2. The van der Waals surface area contributed by atoms with Crippen LogP contribution in [0, 0.1) is 5.92 Å². The second-order valence-electron chi connectivity index (χ2n) is 9.19. The molecule has 1 rings (SSSR count). The van der Waals surface area contributed by atoms with Gasteiger partial charge in [-0.2, -0.15) is 0 Å². The molecule has 0 aliphatic carbocycles. The Hall–Kier alpha value is -3.67. The molecule has 1 aromatic carbocycles. The van der Waals surface area contributed by atoms with Gasteiger partial charge in [-0.3, -0.25) is 28.8 Å². The van der Waals surface area contributed by atoms with Crippen LogP contribution >= 0.6 is 11.6 Å². The van der Waals surface area contributed by atoms with Gasteiger partial charge in [0.25, 0.3) is 0 Å². The van der Waals surface area contributed by atoms with Crippen LogP contribution in [0.25, 0.3) is 0 Å². The quantitative estimate of drug-likeness (QED) is 0.161. The normalized spacial score (nSPS) is 13.8. The number of alkyl halides is 1. The number of carboxylic acids is 1. The first kappa shape index (κ1) is 32.4. The summed E-state index contributed by atoms with van der Waals surface area (Å²) in [6, 6.07) is 4.17. The van der Waals surface area contributed by atoms with E-state index in [-0.39, 0.29) is 31.2 Å². The maximum Gasteiger partial charge on any atom is 0.325 e. The van der Waals surface area contributed by atoms with Gasteiger partial charge < -0.3 is 31.7 Å². The van der Waals surface area contributed by atoms with Gasteiger partial charge in [-0.25, -0.2) is 0 Å². The highest BCUT2D eigenvalue weighted by Crippen LogP contribution is 2.07. The highest BCUT2D eigenvalue weighted by molar-refractivity contribution is 6.20. The van der Waals surface area contributed by atoms with Gasteiger partial charge in [-0.05, 0) is 24.8 Å². The van der Waals surface area contributed by atoms with E-state index in [0.29, 0.717) is 5.56 Å². The Bertz CT molecular complexity index is 990. The minimum atomic E-state index is -1.26. The number of rotatable bonds is 15. The summed E-state index contributed by atoms with van der Waals surface area (Å²) >= 11 is 5.97. The average molecular weight is 554 g/mol. The van der Waals surface area contributed by atoms with Gasteiger partial charge in [0.05, 0.1) is 12.4 Å². The molecule has 0 saturated heterocycles. The summed E-state index contributed by atoms with van der Waals surface area (Å²) in [7, 11) is 0. The maximum absolute atomic E-state index is 13.0. The molecule has 0 aliphatic rings. The van der Waals surface area contributed by atoms with Gasteiger partial charge in [-0.15, -0.1) is 11.6 Å². The zero-order valence-electron chi connectivity index (χ0n) is 21.9. The fourth-order valence-corrected chi connectivity index (χ4v) is 3.52. The van der Waals surface area contributed by atoms with Crippen LogP contribution in [-0.4, -0.2) is 77.2 Å². The summed E-state index contributed by atoms with van der Waals surface area (Å²) in [6.45, 7) is 5.91. The molecule has 38 heavy (non-hydrogen) atoms. The number of aliphatic carboxylic acids is 1. The monoisotopic (exact) mass is 553 g/mol. The summed E-state index contributed by atoms with van der Waals surface area (Å²) in [5.41, 5.74) is 0.710. The van der Waals surface area contributed by atoms with E-state index in [9.17, 15) is 28.8 Å². The number of benzene rings is 1. The Morgan fingerprint density at radius 2 is 1.37 bits per heavy atom. The Labute approximate surface area is 226 Å². The molecule has 0 saturated carbocycles. The minimum absolute atomic E-state index is 0.00488. The topological polar surface area (TPSA) is 183 Å². The smallest absolute Gasteiger partial charge is 0.325 e. The van der Waals surface area contributed by atoms with Gasteiger partial charge in [0, 0.05) is 13.3 Å². The number of carbonyl (C=O) groups is 6. The lowest BCUT2D eigenvalue weighted by molar-refractivity contribution is -0.141. The van der Waals surface area contributed by atoms with Crippen molar-refractivity contribution in [1.29, 1.82) is 0 Å². The first-order valence-corrected chi connectivity index (χ1v) is 12.6. The van der Waals surface area contributed by atoms with Crippen LogP contribution in [0.5, 0.6) is 0 Å². The lowest BCUT2D eigenvalue weighted by Crippen LogP contribution is -2.59. The summed E-state index contributed by atoms with van der Waals surface area (Å²) < 4.78 is 0. The summed E-state index contributed by atoms with van der Waals surface area (Å²) in [4.78, 5) is 73.2. The first-order chi connectivity index (χ1) is 17.8. The van der Waals surface area contributed by atoms with E-state index in [1.165, 1.54) is 13.8 Å². The summed E-state index contributed by atoms with van der Waals surface area (Å²) in [6.07, 6.45) is 0.309. The SMILES string of the molecule is CC(=O)NCC(=O)N[C@@H](CC(C)C)C(=O)N[C@@H](CCl)C(=O)N[C@@H](Cc1ccccc1)C(=O)N[C@@H](C)C(=O)O. The van der Waals surface area contributed by atoms with Crippen LogP contribution < -0.4 is 26.6 Å². The van der Waals surface area contributed by atoms with E-state index in [4.69, 9.17) is 16.7 Å². The third-order valence-corrected chi connectivity index (χ3v) is 5.60. The van der Waals surface area contributed by atoms with Crippen LogP contribution in [0.4, 0.5) is 0 Å². The van der Waals surface area contributed by atoms with E-state index in [1.54, 1.807) is 30.3 Å². The molecule has 13 heteroatoms. The third kappa shape index (κ3) is 12.0. The highest BCUT2D eigenvalue weighted by Gasteiger charge is 2.30. The zero-order chi connectivity index (χ0) is 28.8. The standard InChI is InChI=1S/C25H36ClN5O7/c1-14(2)10-18(29-21(33)13-27-16(4)32)23(35)31-20(12-26)24(36)30-19(11-17-8-6-5-7-9-17)22(34)28-15(3)25(37)38/h5-9,14-15,18-20H,10-13H2,1-4H3,(H,27,32)(H,28,34)(H,29,33)(H,30,36)(H,31,35)(H,37,38)/t15-,18-,19-,20-/m0/s1. The fourth-order valence-electron chi connectivity index (χ4n) is 3.31. The fraction of sp³-hybridized carbons (Fsp3) is 0.520. The molecule has 0 spiro atoms. The number of carboxylic acid groups (broad SMARTS) is 1. The molecular formula is C25H36ClN5O7. The van der Waals surface area contributed by atoms with Gasteiger partial charge in [0.2, 0.25) is 29.5 Å². The van der Waals surface area contributed by atoms with Crippen LogP contribution in [0.2, 0.25) is 0 Å². The van der Waals surface area contributed by atoms with E-state index in [1.807, 2.05) is 13.8 Å². The molecule has 5 amide bonds. The molecule has 0 radical (unpaired) electrons. The van der Waals surface area contributed by atoms with Crippen LogP contribution in [0.1, 0.15) is 39.7 Å². The van der Waals surface area contributed by atoms with Crippen molar-refractivity contribution >= 4 is 47.1 Å². The van der Waals surface area contributed by atoms with E-state index in [2.05, 4.69) is 26.6 Å².